The quantitative estimate of drug-likeness (QED) is 0.633. The summed E-state index contributed by atoms with van der Waals surface area (Å²) in [5, 5.41) is 3.17. The lowest BCUT2D eigenvalue weighted by Crippen LogP contribution is -2.50. The summed E-state index contributed by atoms with van der Waals surface area (Å²) < 4.78 is 11.1. The molecule has 0 radical (unpaired) electrons. The van der Waals surface area contributed by atoms with Crippen LogP contribution < -0.4 is 5.32 Å². The molecule has 0 bridgehead atoms. The third-order valence-corrected chi connectivity index (χ3v) is 2.23. The van der Waals surface area contributed by atoms with Gasteiger partial charge in [-0.05, 0) is 19.3 Å². The molecule has 2 rings (SSSR count). The monoisotopic (exact) mass is 157 g/mol. The van der Waals surface area contributed by atoms with Crippen LogP contribution in [0.1, 0.15) is 19.3 Å². The molecule has 0 amide bonds. The van der Waals surface area contributed by atoms with Gasteiger partial charge in [-0.2, -0.15) is 0 Å². The SMILES string of the molecule is C1CCC(OC2CNC2)OC1. The predicted octanol–water partition coefficient (Wildman–Crippen LogP) is 0.501. The van der Waals surface area contributed by atoms with Crippen LogP contribution in [0.25, 0.3) is 0 Å². The summed E-state index contributed by atoms with van der Waals surface area (Å²) >= 11 is 0. The van der Waals surface area contributed by atoms with Gasteiger partial charge in [-0.1, -0.05) is 0 Å². The van der Waals surface area contributed by atoms with E-state index in [4.69, 9.17) is 9.47 Å². The maximum Gasteiger partial charge on any atom is 0.158 e. The smallest absolute Gasteiger partial charge is 0.158 e. The molecule has 2 aliphatic heterocycles. The Balaban J connectivity index is 1.67. The van der Waals surface area contributed by atoms with Crippen LogP contribution in [0.5, 0.6) is 0 Å². The lowest BCUT2D eigenvalue weighted by molar-refractivity contribution is -0.195. The van der Waals surface area contributed by atoms with Crippen molar-refractivity contribution in [3.8, 4) is 0 Å². The summed E-state index contributed by atoms with van der Waals surface area (Å²) in [6, 6.07) is 0. The molecule has 64 valence electrons. The van der Waals surface area contributed by atoms with Crippen molar-refractivity contribution >= 4 is 0 Å². The van der Waals surface area contributed by atoms with E-state index in [9.17, 15) is 0 Å². The van der Waals surface area contributed by atoms with E-state index >= 15 is 0 Å². The van der Waals surface area contributed by atoms with Gasteiger partial charge in [-0.3, -0.25) is 0 Å². The van der Waals surface area contributed by atoms with Gasteiger partial charge in [0.05, 0.1) is 6.10 Å². The minimum atomic E-state index is 0.0934. The normalized spacial score (nSPS) is 33.3. The largest absolute Gasteiger partial charge is 0.353 e. The van der Waals surface area contributed by atoms with Crippen LogP contribution in [0.2, 0.25) is 0 Å². The highest BCUT2D eigenvalue weighted by molar-refractivity contribution is 4.75. The van der Waals surface area contributed by atoms with Crippen LogP contribution in [0.3, 0.4) is 0 Å². The second-order valence-electron chi connectivity index (χ2n) is 3.21. The fourth-order valence-electron chi connectivity index (χ4n) is 1.39. The van der Waals surface area contributed by atoms with Crippen molar-refractivity contribution in [2.75, 3.05) is 19.7 Å². The number of ether oxygens (including phenoxy) is 2. The van der Waals surface area contributed by atoms with Crippen molar-refractivity contribution in [2.45, 2.75) is 31.7 Å². The van der Waals surface area contributed by atoms with Crippen LogP contribution in [-0.2, 0) is 9.47 Å². The topological polar surface area (TPSA) is 30.5 Å². The van der Waals surface area contributed by atoms with Gasteiger partial charge >= 0.3 is 0 Å². The molecule has 2 aliphatic rings. The van der Waals surface area contributed by atoms with Crippen LogP contribution in [0, 0.1) is 0 Å². The van der Waals surface area contributed by atoms with Crippen molar-refractivity contribution in [1.82, 2.24) is 5.32 Å². The highest BCUT2D eigenvalue weighted by Gasteiger charge is 2.23. The van der Waals surface area contributed by atoms with Crippen molar-refractivity contribution in [2.24, 2.45) is 0 Å². The molecule has 0 aromatic carbocycles. The minimum Gasteiger partial charge on any atom is -0.353 e. The van der Waals surface area contributed by atoms with E-state index in [1.165, 1.54) is 12.8 Å². The Morgan fingerprint density at radius 2 is 2.18 bits per heavy atom. The number of rotatable bonds is 2. The molecule has 0 aromatic heterocycles. The summed E-state index contributed by atoms with van der Waals surface area (Å²) in [5.41, 5.74) is 0. The third-order valence-electron chi connectivity index (χ3n) is 2.23. The summed E-state index contributed by atoms with van der Waals surface area (Å²) in [6.45, 7) is 2.88. The highest BCUT2D eigenvalue weighted by atomic mass is 16.7. The summed E-state index contributed by atoms with van der Waals surface area (Å²) in [7, 11) is 0. The number of hydrogen-bond donors (Lipinski definition) is 1. The molecule has 2 heterocycles. The van der Waals surface area contributed by atoms with Crippen molar-refractivity contribution in [1.29, 1.82) is 0 Å². The zero-order valence-corrected chi connectivity index (χ0v) is 6.71. The van der Waals surface area contributed by atoms with E-state index in [0.717, 1.165) is 26.1 Å². The molecule has 0 spiro atoms. The average molecular weight is 157 g/mol. The van der Waals surface area contributed by atoms with Crippen LogP contribution in [0.15, 0.2) is 0 Å². The third kappa shape index (κ3) is 1.92. The van der Waals surface area contributed by atoms with Crippen LogP contribution in [0.4, 0.5) is 0 Å². The van der Waals surface area contributed by atoms with Gasteiger partial charge in [0.25, 0.3) is 0 Å². The molecule has 1 N–H and O–H groups in total. The zero-order chi connectivity index (χ0) is 7.52. The van der Waals surface area contributed by atoms with Gasteiger partial charge < -0.3 is 14.8 Å². The summed E-state index contributed by atoms with van der Waals surface area (Å²) in [4.78, 5) is 0. The van der Waals surface area contributed by atoms with Gasteiger partial charge in [0, 0.05) is 19.7 Å². The van der Waals surface area contributed by atoms with E-state index in [2.05, 4.69) is 5.32 Å². The molecular weight excluding hydrogens is 142 g/mol. The molecule has 3 heteroatoms. The van der Waals surface area contributed by atoms with E-state index in [1.807, 2.05) is 0 Å². The second kappa shape index (κ2) is 3.52. The minimum absolute atomic E-state index is 0.0934. The fraction of sp³-hybridized carbons (Fsp3) is 1.00. The first kappa shape index (κ1) is 7.53. The Morgan fingerprint density at radius 3 is 2.73 bits per heavy atom. The van der Waals surface area contributed by atoms with Gasteiger partial charge in [-0.15, -0.1) is 0 Å². The van der Waals surface area contributed by atoms with E-state index in [-0.39, 0.29) is 6.29 Å². The molecule has 0 aliphatic carbocycles. The molecule has 3 nitrogen and oxygen atoms in total. The number of hydrogen-bond acceptors (Lipinski definition) is 3. The first-order chi connectivity index (χ1) is 5.45. The molecule has 1 atom stereocenters. The molecule has 11 heavy (non-hydrogen) atoms. The Morgan fingerprint density at radius 1 is 1.27 bits per heavy atom. The van der Waals surface area contributed by atoms with Crippen molar-refractivity contribution in [3.63, 3.8) is 0 Å². The Bertz CT molecular complexity index is 119. The van der Waals surface area contributed by atoms with Gasteiger partial charge in [0.2, 0.25) is 0 Å². The highest BCUT2D eigenvalue weighted by Crippen LogP contribution is 2.16. The Labute approximate surface area is 67.1 Å². The Hall–Kier alpha value is -0.120. The zero-order valence-electron chi connectivity index (χ0n) is 6.71. The van der Waals surface area contributed by atoms with Crippen LogP contribution >= 0.6 is 0 Å². The maximum atomic E-state index is 5.64. The van der Waals surface area contributed by atoms with Gasteiger partial charge in [-0.25, -0.2) is 0 Å². The second-order valence-corrected chi connectivity index (χ2v) is 3.21. The average Bonchev–Trinajstić information content (AvgIpc) is 1.99. The maximum absolute atomic E-state index is 5.64. The lowest BCUT2D eigenvalue weighted by Gasteiger charge is -2.32. The van der Waals surface area contributed by atoms with Crippen LogP contribution in [-0.4, -0.2) is 32.1 Å². The molecule has 1 unspecified atom stereocenters. The molecule has 2 saturated heterocycles. The van der Waals surface area contributed by atoms with Crippen molar-refractivity contribution < 1.29 is 9.47 Å². The standard InChI is InChI=1S/C8H15NO2/c1-2-4-10-8(3-1)11-7-5-9-6-7/h7-9H,1-6H2. The first-order valence-electron chi connectivity index (χ1n) is 4.43. The fourth-order valence-corrected chi connectivity index (χ4v) is 1.39. The van der Waals surface area contributed by atoms with E-state index in [1.54, 1.807) is 0 Å². The lowest BCUT2D eigenvalue weighted by atomic mass is 10.2. The summed E-state index contributed by atoms with van der Waals surface area (Å²) in [5.74, 6) is 0. The molecule has 0 aromatic rings. The molecular formula is C8H15NO2. The van der Waals surface area contributed by atoms with E-state index < -0.39 is 0 Å². The molecule has 2 fully saturated rings. The first-order valence-corrected chi connectivity index (χ1v) is 4.43. The predicted molar refractivity (Wildman–Crippen MR) is 41.3 cm³/mol. The van der Waals surface area contributed by atoms with Gasteiger partial charge in [0.15, 0.2) is 6.29 Å². The van der Waals surface area contributed by atoms with Crippen molar-refractivity contribution in [3.05, 3.63) is 0 Å². The van der Waals surface area contributed by atoms with Gasteiger partial charge in [0.1, 0.15) is 0 Å². The number of nitrogens with one attached hydrogen (secondary N) is 1. The molecule has 0 saturated carbocycles. The van der Waals surface area contributed by atoms with E-state index in [0.29, 0.717) is 6.10 Å². The summed E-state index contributed by atoms with van der Waals surface area (Å²) in [6.07, 6.45) is 4.04. The Kier molecular flexibility index (Phi) is 2.41.